The fraction of sp³-hybridized carbons (Fsp3) is 0.290. The Morgan fingerprint density at radius 2 is 0.651 bits per heavy atom. The number of carboxylic acid groups (broad SMARTS) is 1. The summed E-state index contributed by atoms with van der Waals surface area (Å²) in [5.41, 5.74) is 9.84. The highest BCUT2D eigenvalue weighted by Gasteiger charge is 2.17. The summed E-state index contributed by atoms with van der Waals surface area (Å²) in [6.45, 7) is 19.9. The minimum absolute atomic E-state index is 0.129. The third-order valence-electron chi connectivity index (χ3n) is 12.7. The van der Waals surface area contributed by atoms with E-state index < -0.39 is 5.97 Å². The van der Waals surface area contributed by atoms with Crippen molar-refractivity contribution in [3.8, 4) is 23.0 Å². The SMILES string of the molecule is CC(C)OCCOc1ccc(N(c2ccc(/C=C/c3nc4ccc(C(=O)O)cc4nc3/C=C/c3ccc(N(c4ccc(OCCOC(C)C)cc4)c4ccc(OCCOC(C)C)cc4)cc3)cc2)c2ccc(OCCOC(C)C)cc2)cc1. The molecule has 0 aliphatic carbocycles. The molecule has 0 unspecified atom stereocenters. The van der Waals surface area contributed by atoms with Crippen LogP contribution in [-0.2, 0) is 18.9 Å². The minimum atomic E-state index is -1.04. The molecule has 0 fully saturated rings. The zero-order valence-electron chi connectivity index (χ0n) is 48.8. The van der Waals surface area contributed by atoms with Crippen LogP contribution in [-0.4, -0.2) is 98.3 Å². The van der Waals surface area contributed by atoms with Crippen molar-refractivity contribution in [3.63, 3.8) is 0 Å². The van der Waals surface area contributed by atoms with E-state index in [1.165, 1.54) is 0 Å². The predicted octanol–water partition coefficient (Wildman–Crippen LogP) is 15.8. The quantitative estimate of drug-likeness (QED) is 0.0412. The molecule has 0 saturated heterocycles. The molecule has 8 rings (SSSR count). The van der Waals surface area contributed by atoms with Crippen LogP contribution in [0.2, 0.25) is 0 Å². The first-order chi connectivity index (χ1) is 40.2. The topological polar surface area (TPSA) is 143 Å². The normalized spacial score (nSPS) is 11.7. The second kappa shape index (κ2) is 30.5. The molecule has 0 aliphatic rings. The molecule has 1 N–H and O–H groups in total. The highest BCUT2D eigenvalue weighted by Crippen LogP contribution is 2.38. The van der Waals surface area contributed by atoms with E-state index in [1.807, 2.05) is 189 Å². The van der Waals surface area contributed by atoms with Crippen molar-refractivity contribution in [1.82, 2.24) is 9.97 Å². The average molecular weight is 1120 g/mol. The second-order valence-corrected chi connectivity index (χ2v) is 20.6. The molecule has 0 amide bonds. The zero-order valence-corrected chi connectivity index (χ0v) is 48.8. The molecule has 1 heterocycles. The van der Waals surface area contributed by atoms with Gasteiger partial charge in [0.25, 0.3) is 0 Å². The molecule has 7 aromatic carbocycles. The van der Waals surface area contributed by atoms with Crippen LogP contribution in [0.15, 0.2) is 164 Å². The number of aromatic carboxylic acids is 1. The van der Waals surface area contributed by atoms with Gasteiger partial charge in [0.15, 0.2) is 0 Å². The number of carboxylic acids is 1. The average Bonchev–Trinajstić information content (AvgIpc) is 3.67. The molecule has 0 spiro atoms. The van der Waals surface area contributed by atoms with Gasteiger partial charge in [0.1, 0.15) is 49.4 Å². The first-order valence-electron chi connectivity index (χ1n) is 28.3. The predicted molar refractivity (Wildman–Crippen MR) is 333 cm³/mol. The first kappa shape index (κ1) is 60.6. The van der Waals surface area contributed by atoms with Crippen molar-refractivity contribution in [3.05, 3.63) is 192 Å². The van der Waals surface area contributed by atoms with Gasteiger partial charge in [0, 0.05) is 34.1 Å². The molecular weight excluding hydrogens is 1040 g/mol. The second-order valence-electron chi connectivity index (χ2n) is 20.6. The largest absolute Gasteiger partial charge is 0.491 e. The van der Waals surface area contributed by atoms with Crippen LogP contribution in [0, 0.1) is 0 Å². The maximum absolute atomic E-state index is 12.0. The number of anilines is 6. The smallest absolute Gasteiger partial charge is 0.335 e. The van der Waals surface area contributed by atoms with Crippen molar-refractivity contribution in [1.29, 1.82) is 0 Å². The summed E-state index contributed by atoms with van der Waals surface area (Å²) in [5.74, 6) is 1.97. The van der Waals surface area contributed by atoms with E-state index in [1.54, 1.807) is 18.2 Å². The lowest BCUT2D eigenvalue weighted by atomic mass is 10.1. The van der Waals surface area contributed by atoms with Crippen LogP contribution >= 0.6 is 0 Å². The number of benzene rings is 7. The van der Waals surface area contributed by atoms with E-state index in [4.69, 9.17) is 47.9 Å². The van der Waals surface area contributed by atoms with Gasteiger partial charge in [0.2, 0.25) is 0 Å². The van der Waals surface area contributed by atoms with Gasteiger partial charge < -0.3 is 52.8 Å². The Kier molecular flexibility index (Phi) is 22.3. The van der Waals surface area contributed by atoms with E-state index in [9.17, 15) is 9.90 Å². The number of fused-ring (bicyclic) bond motifs is 1. The molecule has 83 heavy (non-hydrogen) atoms. The van der Waals surface area contributed by atoms with Crippen LogP contribution in [0.25, 0.3) is 35.3 Å². The van der Waals surface area contributed by atoms with Crippen LogP contribution in [0.5, 0.6) is 23.0 Å². The van der Waals surface area contributed by atoms with Crippen LogP contribution in [0.3, 0.4) is 0 Å². The van der Waals surface area contributed by atoms with Crippen LogP contribution in [0.1, 0.15) is 88.3 Å². The van der Waals surface area contributed by atoms with Crippen molar-refractivity contribution in [2.75, 3.05) is 62.7 Å². The standard InChI is InChI=1S/C69H76N4O10/c1-48(2)76-39-43-80-61-28-20-57(21-29-61)72(58-22-30-62(31-23-58)81-44-40-77-49(3)4)55-16-9-52(10-17-55)13-36-65-66(71-68-47-54(69(74)75)15-38-67(68)70-65)37-14-53-11-18-56(19-12-53)73(59-24-32-63(33-25-59)82-45-41-78-50(5)6)60-26-34-64(35-27-60)83-46-42-79-51(7)8/h9-38,47-51H,39-46H2,1-8H3,(H,74,75)/b36-13+,37-14+. The van der Waals surface area contributed by atoms with Crippen LogP contribution in [0.4, 0.5) is 34.1 Å². The third kappa shape index (κ3) is 18.5. The highest BCUT2D eigenvalue weighted by molar-refractivity contribution is 5.93. The zero-order chi connectivity index (χ0) is 58.5. The number of ether oxygens (including phenoxy) is 8. The van der Waals surface area contributed by atoms with E-state index >= 15 is 0 Å². The molecular formula is C69H76N4O10. The van der Waals surface area contributed by atoms with E-state index in [2.05, 4.69) is 46.2 Å². The molecule has 0 radical (unpaired) electrons. The fourth-order valence-electron chi connectivity index (χ4n) is 8.71. The van der Waals surface area contributed by atoms with Crippen molar-refractivity contribution in [2.24, 2.45) is 0 Å². The van der Waals surface area contributed by atoms with Crippen LogP contribution < -0.4 is 28.7 Å². The lowest BCUT2D eigenvalue weighted by Crippen LogP contribution is -2.12. The Morgan fingerprint density at radius 1 is 0.373 bits per heavy atom. The molecule has 8 aromatic rings. The summed E-state index contributed by atoms with van der Waals surface area (Å²) in [5, 5.41) is 9.86. The third-order valence-corrected chi connectivity index (χ3v) is 12.7. The summed E-state index contributed by atoms with van der Waals surface area (Å²) in [6.07, 6.45) is 8.37. The summed E-state index contributed by atoms with van der Waals surface area (Å²) < 4.78 is 46.6. The van der Waals surface area contributed by atoms with Gasteiger partial charge in [-0.3, -0.25) is 0 Å². The van der Waals surface area contributed by atoms with Gasteiger partial charge >= 0.3 is 5.97 Å². The number of rotatable bonds is 31. The molecule has 0 atom stereocenters. The van der Waals surface area contributed by atoms with E-state index in [-0.39, 0.29) is 30.0 Å². The summed E-state index contributed by atoms with van der Waals surface area (Å²) in [6, 6.07) is 53.4. The van der Waals surface area contributed by atoms with Crippen molar-refractivity contribution >= 4 is 75.4 Å². The Bertz CT molecular complexity index is 3210. The Labute approximate surface area is 488 Å². The molecule has 0 saturated carbocycles. The van der Waals surface area contributed by atoms with Gasteiger partial charge in [-0.1, -0.05) is 36.4 Å². The number of hydrogen-bond acceptors (Lipinski definition) is 13. The fourth-order valence-corrected chi connectivity index (χ4v) is 8.71. The Morgan fingerprint density at radius 3 is 0.928 bits per heavy atom. The molecule has 1 aromatic heterocycles. The van der Waals surface area contributed by atoms with E-state index in [0.29, 0.717) is 75.3 Å². The lowest BCUT2D eigenvalue weighted by molar-refractivity contribution is 0.0552. The minimum Gasteiger partial charge on any atom is -0.491 e. The van der Waals surface area contributed by atoms with Gasteiger partial charge in [-0.2, -0.15) is 0 Å². The summed E-state index contributed by atoms with van der Waals surface area (Å²) in [4.78, 5) is 26.4. The first-order valence-corrected chi connectivity index (χ1v) is 28.3. The number of carbonyl (C=O) groups is 1. The highest BCUT2D eigenvalue weighted by atomic mass is 16.5. The maximum atomic E-state index is 12.0. The Hall–Kier alpha value is -8.53. The molecule has 14 heteroatoms. The van der Waals surface area contributed by atoms with E-state index in [0.717, 1.165) is 68.2 Å². The number of hydrogen-bond donors (Lipinski definition) is 1. The Balaban J connectivity index is 1.05. The van der Waals surface area contributed by atoms with Gasteiger partial charge in [-0.05, 0) is 218 Å². The molecule has 14 nitrogen and oxygen atoms in total. The maximum Gasteiger partial charge on any atom is 0.335 e. The lowest BCUT2D eigenvalue weighted by Gasteiger charge is -2.26. The monoisotopic (exact) mass is 1120 g/mol. The summed E-state index contributed by atoms with van der Waals surface area (Å²) >= 11 is 0. The van der Waals surface area contributed by atoms with Crippen molar-refractivity contribution < 1.29 is 47.8 Å². The number of nitrogens with zero attached hydrogens (tertiary/aromatic N) is 4. The van der Waals surface area contributed by atoms with Gasteiger partial charge in [0.05, 0.1) is 78.8 Å². The molecule has 0 bridgehead atoms. The molecule has 0 aliphatic heterocycles. The van der Waals surface area contributed by atoms with Crippen molar-refractivity contribution in [2.45, 2.75) is 79.8 Å². The summed E-state index contributed by atoms with van der Waals surface area (Å²) in [7, 11) is 0. The van der Waals surface area contributed by atoms with Gasteiger partial charge in [-0.15, -0.1) is 0 Å². The molecule has 432 valence electrons. The van der Waals surface area contributed by atoms with Gasteiger partial charge in [-0.25, -0.2) is 14.8 Å². The number of aromatic nitrogens is 2.